The fourth-order valence-corrected chi connectivity index (χ4v) is 2.99. The minimum Gasteiger partial charge on any atom is -0.458 e. The van der Waals surface area contributed by atoms with Gasteiger partial charge >= 0.3 is 0 Å². The van der Waals surface area contributed by atoms with Gasteiger partial charge in [-0.25, -0.2) is 0 Å². The summed E-state index contributed by atoms with van der Waals surface area (Å²) in [4.78, 5) is 12.3. The summed E-state index contributed by atoms with van der Waals surface area (Å²) < 4.78 is 5.44. The second-order valence-corrected chi connectivity index (χ2v) is 6.69. The number of ketones is 1. The molecule has 1 fully saturated rings. The molecule has 0 amide bonds. The van der Waals surface area contributed by atoms with Gasteiger partial charge in [-0.15, -0.1) is 0 Å². The lowest BCUT2D eigenvalue weighted by Gasteiger charge is -2.36. The summed E-state index contributed by atoms with van der Waals surface area (Å²) in [6.45, 7) is 8.79. The summed E-state index contributed by atoms with van der Waals surface area (Å²) in [5.41, 5.74) is 0.370. The smallest absolute Gasteiger partial charge is 0.201 e. The molecular formula is C16H24O2. The van der Waals surface area contributed by atoms with E-state index < -0.39 is 0 Å². The molecule has 2 rings (SSSR count). The maximum atomic E-state index is 12.3. The van der Waals surface area contributed by atoms with Crippen molar-refractivity contribution in [3.63, 3.8) is 0 Å². The van der Waals surface area contributed by atoms with E-state index in [1.807, 2.05) is 19.1 Å². The molecule has 0 unspecified atom stereocenters. The van der Waals surface area contributed by atoms with Crippen LogP contribution in [-0.2, 0) is 0 Å². The number of hydrogen-bond acceptors (Lipinski definition) is 2. The third kappa shape index (κ3) is 2.85. The number of rotatable bonds is 2. The van der Waals surface area contributed by atoms with Crippen LogP contribution < -0.4 is 0 Å². The van der Waals surface area contributed by atoms with Crippen molar-refractivity contribution < 1.29 is 9.21 Å². The zero-order chi connectivity index (χ0) is 13.3. The molecule has 0 N–H and O–H groups in total. The lowest BCUT2D eigenvalue weighted by Crippen LogP contribution is -2.28. The lowest BCUT2D eigenvalue weighted by atomic mass is 9.69. The predicted molar refractivity (Wildman–Crippen MR) is 72.7 cm³/mol. The molecule has 0 radical (unpaired) electrons. The molecule has 2 heteroatoms. The van der Waals surface area contributed by atoms with Crippen molar-refractivity contribution in [2.24, 2.45) is 17.3 Å². The van der Waals surface area contributed by atoms with Crippen molar-refractivity contribution in [1.82, 2.24) is 0 Å². The summed E-state index contributed by atoms with van der Waals surface area (Å²) in [6, 6.07) is 3.68. The summed E-state index contributed by atoms with van der Waals surface area (Å²) in [5, 5.41) is 0. The van der Waals surface area contributed by atoms with Crippen molar-refractivity contribution >= 4 is 5.78 Å². The van der Waals surface area contributed by atoms with Gasteiger partial charge in [0.05, 0.1) is 0 Å². The maximum absolute atomic E-state index is 12.3. The van der Waals surface area contributed by atoms with Crippen LogP contribution in [0.3, 0.4) is 0 Å². The van der Waals surface area contributed by atoms with Crippen molar-refractivity contribution in [3.8, 4) is 0 Å². The second-order valence-electron chi connectivity index (χ2n) is 6.69. The minimum absolute atomic E-state index is 0.175. The van der Waals surface area contributed by atoms with Crippen LogP contribution in [0.2, 0.25) is 0 Å². The molecule has 0 saturated heterocycles. The normalized spacial score (nSPS) is 25.1. The average molecular weight is 248 g/mol. The standard InChI is InChI=1S/C16H24O2/c1-11-5-10-14(18-11)15(17)12-6-8-13(9-7-12)16(2,3)4/h5,10,12-13H,6-9H2,1-4H3. The third-order valence-corrected chi connectivity index (χ3v) is 4.31. The van der Waals surface area contributed by atoms with E-state index in [-0.39, 0.29) is 11.7 Å². The highest BCUT2D eigenvalue weighted by molar-refractivity contribution is 5.95. The van der Waals surface area contributed by atoms with Gasteiger partial charge in [-0.1, -0.05) is 20.8 Å². The first-order chi connectivity index (χ1) is 8.38. The van der Waals surface area contributed by atoms with Crippen LogP contribution in [0.4, 0.5) is 0 Å². The van der Waals surface area contributed by atoms with Crippen LogP contribution in [0.1, 0.15) is 62.8 Å². The molecule has 0 atom stereocenters. The van der Waals surface area contributed by atoms with E-state index in [0.717, 1.165) is 24.5 Å². The van der Waals surface area contributed by atoms with Crippen molar-refractivity contribution in [3.05, 3.63) is 23.7 Å². The molecule has 1 heterocycles. The Bertz CT molecular complexity index is 415. The van der Waals surface area contributed by atoms with Crippen LogP contribution in [-0.4, -0.2) is 5.78 Å². The Labute approximate surface area is 110 Å². The molecule has 1 aliphatic rings. The van der Waals surface area contributed by atoms with E-state index in [0.29, 0.717) is 11.2 Å². The van der Waals surface area contributed by atoms with Gasteiger partial charge in [0, 0.05) is 5.92 Å². The molecule has 0 bridgehead atoms. The SMILES string of the molecule is Cc1ccc(C(=O)C2CCC(C(C)(C)C)CC2)o1. The predicted octanol–water partition coefficient (Wildman–Crippen LogP) is 4.62. The summed E-state index contributed by atoms with van der Waals surface area (Å²) >= 11 is 0. The average Bonchev–Trinajstić information content (AvgIpc) is 2.74. The molecule has 0 spiro atoms. The number of carbonyl (C=O) groups excluding carboxylic acids is 1. The summed E-state index contributed by atoms with van der Waals surface area (Å²) in [7, 11) is 0. The fourth-order valence-electron chi connectivity index (χ4n) is 2.99. The Morgan fingerprint density at radius 3 is 2.22 bits per heavy atom. The molecular weight excluding hydrogens is 224 g/mol. The first-order valence-electron chi connectivity index (χ1n) is 6.98. The number of carbonyl (C=O) groups is 1. The topological polar surface area (TPSA) is 30.2 Å². The fraction of sp³-hybridized carbons (Fsp3) is 0.688. The van der Waals surface area contributed by atoms with E-state index in [1.54, 1.807) is 0 Å². The quantitative estimate of drug-likeness (QED) is 0.715. The van der Waals surface area contributed by atoms with Crippen LogP contribution >= 0.6 is 0 Å². The Morgan fingerprint density at radius 2 is 1.78 bits per heavy atom. The zero-order valence-electron chi connectivity index (χ0n) is 12.0. The Morgan fingerprint density at radius 1 is 1.17 bits per heavy atom. The molecule has 100 valence electrons. The van der Waals surface area contributed by atoms with Crippen LogP contribution in [0, 0.1) is 24.2 Å². The van der Waals surface area contributed by atoms with Gasteiger partial charge in [-0.05, 0) is 56.1 Å². The van der Waals surface area contributed by atoms with Crippen molar-refractivity contribution in [1.29, 1.82) is 0 Å². The minimum atomic E-state index is 0.175. The molecule has 0 aromatic carbocycles. The maximum Gasteiger partial charge on any atom is 0.201 e. The first-order valence-corrected chi connectivity index (χ1v) is 6.98. The third-order valence-electron chi connectivity index (χ3n) is 4.31. The van der Waals surface area contributed by atoms with Gasteiger partial charge in [0.1, 0.15) is 5.76 Å². The number of aryl methyl sites for hydroxylation is 1. The highest BCUT2D eigenvalue weighted by Crippen LogP contribution is 2.40. The van der Waals surface area contributed by atoms with E-state index in [1.165, 1.54) is 12.8 Å². The van der Waals surface area contributed by atoms with Gasteiger partial charge in [0.15, 0.2) is 5.76 Å². The Hall–Kier alpha value is -1.05. The van der Waals surface area contributed by atoms with Crippen LogP contribution in [0.5, 0.6) is 0 Å². The van der Waals surface area contributed by atoms with Crippen molar-refractivity contribution in [2.45, 2.75) is 53.4 Å². The van der Waals surface area contributed by atoms with E-state index in [4.69, 9.17) is 4.42 Å². The molecule has 1 aliphatic carbocycles. The van der Waals surface area contributed by atoms with Gasteiger partial charge < -0.3 is 4.42 Å². The monoisotopic (exact) mass is 248 g/mol. The molecule has 1 saturated carbocycles. The summed E-state index contributed by atoms with van der Waals surface area (Å²) in [5.74, 6) is 2.50. The second kappa shape index (κ2) is 4.91. The Balaban J connectivity index is 1.96. The lowest BCUT2D eigenvalue weighted by molar-refractivity contribution is 0.0790. The van der Waals surface area contributed by atoms with Gasteiger partial charge in [-0.3, -0.25) is 4.79 Å². The number of hydrogen-bond donors (Lipinski definition) is 0. The van der Waals surface area contributed by atoms with Gasteiger partial charge in [0.2, 0.25) is 5.78 Å². The van der Waals surface area contributed by atoms with Gasteiger partial charge in [0.25, 0.3) is 0 Å². The molecule has 2 nitrogen and oxygen atoms in total. The molecule has 1 aromatic heterocycles. The van der Waals surface area contributed by atoms with Crippen LogP contribution in [0.25, 0.3) is 0 Å². The van der Waals surface area contributed by atoms with Crippen LogP contribution in [0.15, 0.2) is 16.5 Å². The van der Waals surface area contributed by atoms with E-state index in [9.17, 15) is 4.79 Å². The largest absolute Gasteiger partial charge is 0.458 e. The van der Waals surface area contributed by atoms with E-state index in [2.05, 4.69) is 20.8 Å². The molecule has 1 aromatic rings. The number of Topliss-reactive ketones (excluding diaryl/α,β-unsaturated/α-hetero) is 1. The highest BCUT2D eigenvalue weighted by Gasteiger charge is 2.33. The number of furan rings is 1. The van der Waals surface area contributed by atoms with E-state index >= 15 is 0 Å². The Kier molecular flexibility index (Phi) is 3.65. The van der Waals surface area contributed by atoms with Gasteiger partial charge in [-0.2, -0.15) is 0 Å². The summed E-state index contributed by atoms with van der Waals surface area (Å²) in [6.07, 6.45) is 4.36. The van der Waals surface area contributed by atoms with Crippen molar-refractivity contribution in [2.75, 3.05) is 0 Å². The molecule has 18 heavy (non-hydrogen) atoms. The molecule has 0 aliphatic heterocycles. The zero-order valence-corrected chi connectivity index (χ0v) is 12.0. The first kappa shape index (κ1) is 13.4. The highest BCUT2D eigenvalue weighted by atomic mass is 16.3.